The van der Waals surface area contributed by atoms with Gasteiger partial charge in [-0.1, -0.05) is 13.8 Å². The van der Waals surface area contributed by atoms with Crippen LogP contribution in [0.5, 0.6) is 0 Å². The van der Waals surface area contributed by atoms with Crippen LogP contribution in [0.4, 0.5) is 0 Å². The highest BCUT2D eigenvalue weighted by Gasteiger charge is 2.18. The van der Waals surface area contributed by atoms with Crippen LogP contribution in [0.2, 0.25) is 0 Å². The van der Waals surface area contributed by atoms with Gasteiger partial charge in [0.15, 0.2) is 5.96 Å². The first-order valence-electron chi connectivity index (χ1n) is 4.82. The lowest BCUT2D eigenvalue weighted by Crippen LogP contribution is -2.32. The first-order valence-corrected chi connectivity index (χ1v) is 4.82. The van der Waals surface area contributed by atoms with Gasteiger partial charge in [-0.3, -0.25) is 10.2 Å². The Kier molecular flexibility index (Phi) is 5.67. The van der Waals surface area contributed by atoms with E-state index in [0.717, 1.165) is 12.8 Å². The molecule has 5 heteroatoms. The van der Waals surface area contributed by atoms with E-state index in [4.69, 9.17) is 16.9 Å². The van der Waals surface area contributed by atoms with Gasteiger partial charge >= 0.3 is 0 Å². The summed E-state index contributed by atoms with van der Waals surface area (Å²) in [6, 6.07) is 0. The molecule has 0 aromatic carbocycles. The van der Waals surface area contributed by atoms with Gasteiger partial charge in [0.2, 0.25) is 5.91 Å². The molecule has 0 heterocycles. The summed E-state index contributed by atoms with van der Waals surface area (Å²) in [5.41, 5.74) is 10.4. The van der Waals surface area contributed by atoms with Crippen molar-refractivity contribution in [3.8, 4) is 0 Å². The maximum Gasteiger partial charge on any atom is 0.220 e. The van der Waals surface area contributed by atoms with Crippen molar-refractivity contribution in [2.24, 2.45) is 23.3 Å². The molecule has 0 aliphatic rings. The van der Waals surface area contributed by atoms with Crippen LogP contribution in [0, 0.1) is 17.2 Å². The average molecular weight is 200 g/mol. The zero-order valence-electron chi connectivity index (χ0n) is 8.84. The second kappa shape index (κ2) is 6.23. The smallest absolute Gasteiger partial charge is 0.220 e. The first kappa shape index (κ1) is 12.7. The fourth-order valence-electron chi connectivity index (χ4n) is 1.35. The topological polar surface area (TPSA) is 105 Å². The molecule has 0 aliphatic carbocycles. The number of primary amides is 1. The Bertz CT molecular complexity index is 203. The fraction of sp³-hybridized carbons (Fsp3) is 0.778. The Morgan fingerprint density at radius 3 is 2.36 bits per heavy atom. The zero-order valence-corrected chi connectivity index (χ0v) is 8.84. The summed E-state index contributed by atoms with van der Waals surface area (Å²) in [6.07, 6.45) is 1.54. The third kappa shape index (κ3) is 5.40. The number of carbonyl (C=O) groups excluding carboxylic acids is 1. The summed E-state index contributed by atoms with van der Waals surface area (Å²) in [5, 5.41) is 9.61. The second-order valence-corrected chi connectivity index (χ2v) is 3.74. The van der Waals surface area contributed by atoms with Gasteiger partial charge in [0, 0.05) is 12.5 Å². The minimum absolute atomic E-state index is 0.0369. The summed E-state index contributed by atoms with van der Waals surface area (Å²) in [4.78, 5) is 11.0. The number of rotatable bonds is 6. The molecule has 0 unspecified atom stereocenters. The van der Waals surface area contributed by atoms with Crippen molar-refractivity contribution in [3.63, 3.8) is 0 Å². The van der Waals surface area contributed by atoms with Gasteiger partial charge in [0.05, 0.1) is 0 Å². The molecule has 6 N–H and O–H groups in total. The summed E-state index contributed by atoms with van der Waals surface area (Å²) < 4.78 is 0. The lowest BCUT2D eigenvalue weighted by Gasteiger charge is -2.16. The van der Waals surface area contributed by atoms with E-state index in [2.05, 4.69) is 5.32 Å². The molecule has 0 saturated heterocycles. The van der Waals surface area contributed by atoms with Crippen LogP contribution in [0.15, 0.2) is 0 Å². The van der Waals surface area contributed by atoms with Crippen LogP contribution in [-0.4, -0.2) is 18.4 Å². The monoisotopic (exact) mass is 200 g/mol. The molecule has 14 heavy (non-hydrogen) atoms. The number of amides is 1. The normalized spacial score (nSPS) is 12.5. The van der Waals surface area contributed by atoms with E-state index in [1.165, 1.54) is 0 Å². The molecule has 0 rings (SSSR count). The molecule has 0 aliphatic heterocycles. The van der Waals surface area contributed by atoms with Crippen LogP contribution in [0.1, 0.15) is 26.7 Å². The SMILES string of the molecule is CC(C)[C@@H](CCCNC(=N)N)C(N)=O. The van der Waals surface area contributed by atoms with Crippen molar-refractivity contribution < 1.29 is 4.79 Å². The maximum atomic E-state index is 11.0. The van der Waals surface area contributed by atoms with Crippen LogP contribution in [0.25, 0.3) is 0 Å². The highest BCUT2D eigenvalue weighted by Crippen LogP contribution is 2.15. The van der Waals surface area contributed by atoms with Gasteiger partial charge in [-0.25, -0.2) is 0 Å². The van der Waals surface area contributed by atoms with E-state index in [1.54, 1.807) is 0 Å². The summed E-state index contributed by atoms with van der Waals surface area (Å²) in [7, 11) is 0. The number of guanidine groups is 1. The second-order valence-electron chi connectivity index (χ2n) is 3.74. The van der Waals surface area contributed by atoms with Gasteiger partial charge in [-0.2, -0.15) is 0 Å². The van der Waals surface area contributed by atoms with Crippen molar-refractivity contribution in [1.29, 1.82) is 5.41 Å². The lowest BCUT2D eigenvalue weighted by molar-refractivity contribution is -0.123. The lowest BCUT2D eigenvalue weighted by atomic mass is 9.90. The molecular formula is C9H20N4O. The molecule has 0 bridgehead atoms. The van der Waals surface area contributed by atoms with Crippen molar-refractivity contribution in [3.05, 3.63) is 0 Å². The van der Waals surface area contributed by atoms with Gasteiger partial charge in [0.25, 0.3) is 0 Å². The highest BCUT2D eigenvalue weighted by molar-refractivity contribution is 5.76. The predicted octanol–water partition coefficient (Wildman–Crippen LogP) is 0.00717. The number of carbonyl (C=O) groups is 1. The Morgan fingerprint density at radius 2 is 2.00 bits per heavy atom. The number of hydrogen-bond acceptors (Lipinski definition) is 2. The van der Waals surface area contributed by atoms with Gasteiger partial charge in [-0.15, -0.1) is 0 Å². The van der Waals surface area contributed by atoms with Crippen LogP contribution in [-0.2, 0) is 4.79 Å². The highest BCUT2D eigenvalue weighted by atomic mass is 16.1. The Morgan fingerprint density at radius 1 is 1.43 bits per heavy atom. The average Bonchev–Trinajstić information content (AvgIpc) is 2.01. The minimum Gasteiger partial charge on any atom is -0.370 e. The van der Waals surface area contributed by atoms with Crippen LogP contribution in [0.3, 0.4) is 0 Å². The van der Waals surface area contributed by atoms with E-state index in [0.29, 0.717) is 6.54 Å². The molecule has 0 saturated carbocycles. The van der Waals surface area contributed by atoms with Gasteiger partial charge in [-0.05, 0) is 18.8 Å². The van der Waals surface area contributed by atoms with E-state index >= 15 is 0 Å². The molecular weight excluding hydrogens is 180 g/mol. The molecule has 0 radical (unpaired) electrons. The van der Waals surface area contributed by atoms with Gasteiger partial charge in [0.1, 0.15) is 0 Å². The summed E-state index contributed by atoms with van der Waals surface area (Å²) >= 11 is 0. The summed E-state index contributed by atoms with van der Waals surface area (Å²) in [6.45, 7) is 4.58. The molecule has 1 atom stereocenters. The Hall–Kier alpha value is -1.26. The van der Waals surface area contributed by atoms with E-state index < -0.39 is 0 Å². The van der Waals surface area contributed by atoms with E-state index in [-0.39, 0.29) is 23.7 Å². The zero-order chi connectivity index (χ0) is 11.1. The number of hydrogen-bond donors (Lipinski definition) is 4. The van der Waals surface area contributed by atoms with E-state index in [1.807, 2.05) is 13.8 Å². The fourth-order valence-corrected chi connectivity index (χ4v) is 1.35. The molecule has 1 amide bonds. The Labute approximate surface area is 84.7 Å². The largest absolute Gasteiger partial charge is 0.370 e. The van der Waals surface area contributed by atoms with Crippen molar-refractivity contribution in [2.45, 2.75) is 26.7 Å². The van der Waals surface area contributed by atoms with Crippen molar-refractivity contribution in [2.75, 3.05) is 6.54 Å². The standard InChI is InChI=1S/C9H20N4O/c1-6(2)7(8(10)14)4-3-5-13-9(11)12/h6-7H,3-5H2,1-2H3,(H2,10,14)(H4,11,12,13)/t7-/m1/s1. The maximum absolute atomic E-state index is 11.0. The molecule has 0 aromatic heterocycles. The molecule has 0 aromatic rings. The number of nitrogens with one attached hydrogen (secondary N) is 2. The third-order valence-electron chi connectivity index (χ3n) is 2.18. The first-order chi connectivity index (χ1) is 6.45. The third-order valence-corrected chi connectivity index (χ3v) is 2.18. The molecule has 0 spiro atoms. The van der Waals surface area contributed by atoms with Crippen LogP contribution >= 0.6 is 0 Å². The molecule has 0 fully saturated rings. The van der Waals surface area contributed by atoms with Gasteiger partial charge < -0.3 is 16.8 Å². The predicted molar refractivity (Wildman–Crippen MR) is 56.7 cm³/mol. The van der Waals surface area contributed by atoms with E-state index in [9.17, 15) is 4.79 Å². The van der Waals surface area contributed by atoms with Crippen molar-refractivity contribution in [1.82, 2.24) is 5.32 Å². The van der Waals surface area contributed by atoms with Crippen LogP contribution < -0.4 is 16.8 Å². The molecule has 5 nitrogen and oxygen atoms in total. The Balaban J connectivity index is 3.73. The molecule has 82 valence electrons. The summed E-state index contributed by atoms with van der Waals surface area (Å²) in [5.74, 6) is -0.0958. The quantitative estimate of drug-likeness (QED) is 0.275. The van der Waals surface area contributed by atoms with Crippen molar-refractivity contribution >= 4 is 11.9 Å². The number of nitrogens with two attached hydrogens (primary N) is 2. The minimum atomic E-state index is -0.247.